The molecule has 0 fully saturated rings. The van der Waals surface area contributed by atoms with E-state index >= 15 is 0 Å². The topological polar surface area (TPSA) is 3.24 Å². The summed E-state index contributed by atoms with van der Waals surface area (Å²) in [5, 5.41) is 0. The maximum absolute atomic E-state index is 13.0. The molecule has 0 aliphatic heterocycles. The predicted octanol–water partition coefficient (Wildman–Crippen LogP) is 4.36. The molecule has 0 aromatic heterocycles. The first-order valence-electron chi connectivity index (χ1n) is 5.91. The fourth-order valence-corrected chi connectivity index (χ4v) is 2.37. The van der Waals surface area contributed by atoms with Crippen LogP contribution in [0.5, 0.6) is 0 Å². The minimum absolute atomic E-state index is 0.229. The number of nitrogens with zero attached hydrogens (tertiary/aromatic N) is 1. The average molecular weight is 326 g/mol. The van der Waals surface area contributed by atoms with Crippen LogP contribution in [-0.4, -0.2) is 11.9 Å². The molecule has 0 N–H and O–H groups in total. The summed E-state index contributed by atoms with van der Waals surface area (Å²) in [6.07, 6.45) is 0. The SMILES string of the molecule is CN(Cc1ccc(F)cc1)Cc1ccc(F)cc1Br. The number of hydrogen-bond donors (Lipinski definition) is 0. The number of rotatable bonds is 4. The molecule has 0 heterocycles. The van der Waals surface area contributed by atoms with Gasteiger partial charge in [0.25, 0.3) is 0 Å². The molecular weight excluding hydrogens is 312 g/mol. The zero-order chi connectivity index (χ0) is 13.8. The molecule has 0 radical (unpaired) electrons. The van der Waals surface area contributed by atoms with Gasteiger partial charge < -0.3 is 0 Å². The maximum Gasteiger partial charge on any atom is 0.124 e. The Bertz CT molecular complexity index is 555. The van der Waals surface area contributed by atoms with Crippen molar-refractivity contribution < 1.29 is 8.78 Å². The van der Waals surface area contributed by atoms with Crippen molar-refractivity contribution in [3.05, 3.63) is 69.7 Å². The van der Waals surface area contributed by atoms with Crippen LogP contribution in [0.2, 0.25) is 0 Å². The summed E-state index contributed by atoms with van der Waals surface area (Å²) in [5.74, 6) is -0.482. The normalized spacial score (nSPS) is 11.0. The van der Waals surface area contributed by atoms with Crippen LogP contribution in [0.4, 0.5) is 8.78 Å². The van der Waals surface area contributed by atoms with Crippen molar-refractivity contribution in [2.24, 2.45) is 0 Å². The second-order valence-corrected chi connectivity index (χ2v) is 5.39. The summed E-state index contributed by atoms with van der Waals surface area (Å²) in [7, 11) is 1.97. The van der Waals surface area contributed by atoms with E-state index in [2.05, 4.69) is 20.8 Å². The van der Waals surface area contributed by atoms with Gasteiger partial charge in [-0.05, 0) is 42.4 Å². The van der Waals surface area contributed by atoms with Crippen molar-refractivity contribution in [1.82, 2.24) is 4.90 Å². The van der Waals surface area contributed by atoms with E-state index in [1.165, 1.54) is 24.3 Å². The molecule has 0 aliphatic rings. The summed E-state index contributed by atoms with van der Waals surface area (Å²) in [6.45, 7) is 1.41. The van der Waals surface area contributed by atoms with Gasteiger partial charge in [0, 0.05) is 17.6 Å². The third-order valence-electron chi connectivity index (χ3n) is 2.82. The number of halogens is 3. The van der Waals surface area contributed by atoms with Crippen LogP contribution in [0.15, 0.2) is 46.9 Å². The third kappa shape index (κ3) is 4.11. The van der Waals surface area contributed by atoms with Gasteiger partial charge in [0.1, 0.15) is 11.6 Å². The highest BCUT2D eigenvalue weighted by Crippen LogP contribution is 2.20. The van der Waals surface area contributed by atoms with E-state index in [-0.39, 0.29) is 11.6 Å². The lowest BCUT2D eigenvalue weighted by Gasteiger charge is -2.17. The van der Waals surface area contributed by atoms with Crippen LogP contribution in [-0.2, 0) is 13.1 Å². The van der Waals surface area contributed by atoms with Crippen molar-refractivity contribution in [2.75, 3.05) is 7.05 Å². The Kier molecular flexibility index (Phi) is 4.66. The number of benzene rings is 2. The van der Waals surface area contributed by atoms with E-state index < -0.39 is 0 Å². The molecule has 19 heavy (non-hydrogen) atoms. The van der Waals surface area contributed by atoms with Crippen molar-refractivity contribution in [1.29, 1.82) is 0 Å². The van der Waals surface area contributed by atoms with Crippen LogP contribution in [0, 0.1) is 11.6 Å². The predicted molar refractivity (Wildman–Crippen MR) is 75.7 cm³/mol. The van der Waals surface area contributed by atoms with Crippen LogP contribution in [0.3, 0.4) is 0 Å². The molecule has 2 aromatic rings. The summed E-state index contributed by atoms with van der Waals surface area (Å²) >= 11 is 3.35. The molecule has 0 saturated carbocycles. The van der Waals surface area contributed by atoms with E-state index in [1.54, 1.807) is 18.2 Å². The van der Waals surface area contributed by atoms with Gasteiger partial charge in [-0.2, -0.15) is 0 Å². The smallest absolute Gasteiger partial charge is 0.124 e. The molecule has 100 valence electrons. The van der Waals surface area contributed by atoms with Gasteiger partial charge >= 0.3 is 0 Å². The highest BCUT2D eigenvalue weighted by atomic mass is 79.9. The first-order valence-corrected chi connectivity index (χ1v) is 6.71. The third-order valence-corrected chi connectivity index (χ3v) is 3.56. The van der Waals surface area contributed by atoms with E-state index in [0.717, 1.165) is 15.6 Å². The van der Waals surface area contributed by atoms with E-state index in [0.29, 0.717) is 13.1 Å². The summed E-state index contributed by atoms with van der Waals surface area (Å²) in [6, 6.07) is 11.1. The standard InChI is InChI=1S/C15H14BrF2N/c1-19(9-11-2-5-13(17)6-3-11)10-12-4-7-14(18)8-15(12)16/h2-8H,9-10H2,1H3. The quantitative estimate of drug-likeness (QED) is 0.807. The molecule has 0 bridgehead atoms. The molecule has 4 heteroatoms. The van der Waals surface area contributed by atoms with Crippen LogP contribution < -0.4 is 0 Å². The first-order chi connectivity index (χ1) is 9.04. The van der Waals surface area contributed by atoms with Gasteiger partial charge in [-0.3, -0.25) is 4.90 Å². The molecule has 2 aromatic carbocycles. The highest BCUT2D eigenvalue weighted by Gasteiger charge is 2.06. The van der Waals surface area contributed by atoms with E-state index in [1.807, 2.05) is 7.05 Å². The molecule has 0 unspecified atom stereocenters. The zero-order valence-electron chi connectivity index (χ0n) is 10.5. The molecule has 1 nitrogen and oxygen atoms in total. The second kappa shape index (κ2) is 6.26. The monoisotopic (exact) mass is 325 g/mol. The first kappa shape index (κ1) is 14.2. The molecule has 0 atom stereocenters. The van der Waals surface area contributed by atoms with Crippen molar-refractivity contribution in [2.45, 2.75) is 13.1 Å². The Balaban J connectivity index is 2.01. The summed E-state index contributed by atoms with van der Waals surface area (Å²) in [5.41, 5.74) is 2.06. The molecule has 0 amide bonds. The van der Waals surface area contributed by atoms with Crippen LogP contribution >= 0.6 is 15.9 Å². The van der Waals surface area contributed by atoms with Gasteiger partial charge in [-0.1, -0.05) is 34.1 Å². The fourth-order valence-electron chi connectivity index (χ4n) is 1.90. The summed E-state index contributed by atoms with van der Waals surface area (Å²) in [4.78, 5) is 2.09. The Morgan fingerprint density at radius 1 is 0.947 bits per heavy atom. The van der Waals surface area contributed by atoms with Gasteiger partial charge in [0.15, 0.2) is 0 Å². The lowest BCUT2D eigenvalue weighted by Crippen LogP contribution is -2.17. The zero-order valence-corrected chi connectivity index (χ0v) is 12.1. The van der Waals surface area contributed by atoms with Gasteiger partial charge in [-0.15, -0.1) is 0 Å². The molecule has 0 spiro atoms. The lowest BCUT2D eigenvalue weighted by molar-refractivity contribution is 0.318. The largest absolute Gasteiger partial charge is 0.298 e. The minimum Gasteiger partial charge on any atom is -0.298 e. The highest BCUT2D eigenvalue weighted by molar-refractivity contribution is 9.10. The Morgan fingerprint density at radius 3 is 2.21 bits per heavy atom. The lowest BCUT2D eigenvalue weighted by atomic mass is 10.2. The number of hydrogen-bond acceptors (Lipinski definition) is 1. The average Bonchev–Trinajstić information content (AvgIpc) is 2.36. The van der Waals surface area contributed by atoms with Gasteiger partial charge in [0.2, 0.25) is 0 Å². The van der Waals surface area contributed by atoms with Gasteiger partial charge in [-0.25, -0.2) is 8.78 Å². The molecule has 0 aliphatic carbocycles. The Morgan fingerprint density at radius 2 is 1.58 bits per heavy atom. The Hall–Kier alpha value is -1.26. The van der Waals surface area contributed by atoms with E-state index in [9.17, 15) is 8.78 Å². The van der Waals surface area contributed by atoms with Gasteiger partial charge in [0.05, 0.1) is 0 Å². The fraction of sp³-hybridized carbons (Fsp3) is 0.200. The van der Waals surface area contributed by atoms with E-state index in [4.69, 9.17) is 0 Å². The summed E-state index contributed by atoms with van der Waals surface area (Å²) < 4.78 is 26.6. The maximum atomic E-state index is 13.0. The second-order valence-electron chi connectivity index (χ2n) is 4.53. The minimum atomic E-state index is -0.253. The molecule has 0 saturated heterocycles. The van der Waals surface area contributed by atoms with Crippen LogP contribution in [0.1, 0.15) is 11.1 Å². The molecule has 2 rings (SSSR count). The van der Waals surface area contributed by atoms with Crippen molar-refractivity contribution >= 4 is 15.9 Å². The van der Waals surface area contributed by atoms with Crippen molar-refractivity contribution in [3.8, 4) is 0 Å². The Labute approximate surface area is 120 Å². The van der Waals surface area contributed by atoms with Crippen LogP contribution in [0.25, 0.3) is 0 Å². The molecular formula is C15H14BrF2N. The van der Waals surface area contributed by atoms with Crippen molar-refractivity contribution in [3.63, 3.8) is 0 Å².